The van der Waals surface area contributed by atoms with Crippen LogP contribution in [0.4, 0.5) is 5.69 Å². The maximum Gasteiger partial charge on any atom is 0.0613 e. The van der Waals surface area contributed by atoms with E-state index < -0.39 is 0 Å². The van der Waals surface area contributed by atoms with Crippen molar-refractivity contribution in [3.8, 4) is 0 Å². The Morgan fingerprint density at radius 1 is 0.938 bits per heavy atom. The van der Waals surface area contributed by atoms with Crippen LogP contribution in [0.25, 0.3) is 0 Å². The largest absolute Gasteiger partial charge is 0.398 e. The average molecular weight is 270 g/mol. The van der Waals surface area contributed by atoms with E-state index in [0.717, 1.165) is 9.79 Å². The molecule has 0 saturated carbocycles. The third-order valence-electron chi connectivity index (χ3n) is 2.02. The molecule has 2 aromatic carbocycles. The molecule has 0 aliphatic rings. The van der Waals surface area contributed by atoms with Gasteiger partial charge in [-0.1, -0.05) is 53.2 Å². The molecule has 0 bridgehead atoms. The summed E-state index contributed by atoms with van der Waals surface area (Å²) in [5, 5.41) is 1.01. The minimum atomic E-state index is 0.483. The molecule has 0 heterocycles. The first-order valence-electron chi connectivity index (χ1n) is 4.64. The van der Waals surface area contributed by atoms with Crippen molar-refractivity contribution in [3.63, 3.8) is 0 Å². The second-order valence-electron chi connectivity index (χ2n) is 3.22. The summed E-state index contributed by atoms with van der Waals surface area (Å²) in [6.45, 7) is 0. The first-order chi connectivity index (χ1) is 7.66. The zero-order chi connectivity index (χ0) is 11.5. The lowest BCUT2D eigenvalue weighted by Gasteiger charge is -2.07. The third-order valence-corrected chi connectivity index (χ3v) is 3.83. The molecule has 0 fully saturated rings. The van der Waals surface area contributed by atoms with Gasteiger partial charge in [0, 0.05) is 15.5 Å². The third kappa shape index (κ3) is 2.64. The Bertz CT molecular complexity index is 500. The zero-order valence-corrected chi connectivity index (χ0v) is 10.6. The highest BCUT2D eigenvalue weighted by atomic mass is 35.5. The SMILES string of the molecule is Nc1cc(Cl)c(Cl)cc1Sc1ccccc1. The minimum Gasteiger partial charge on any atom is -0.398 e. The number of nitrogens with two attached hydrogens (primary N) is 1. The van der Waals surface area contributed by atoms with Gasteiger partial charge in [-0.2, -0.15) is 0 Å². The second-order valence-corrected chi connectivity index (χ2v) is 5.15. The summed E-state index contributed by atoms with van der Waals surface area (Å²) in [7, 11) is 0. The summed E-state index contributed by atoms with van der Waals surface area (Å²) < 4.78 is 0. The monoisotopic (exact) mass is 269 g/mol. The van der Waals surface area contributed by atoms with Crippen molar-refractivity contribution < 1.29 is 0 Å². The van der Waals surface area contributed by atoms with Gasteiger partial charge in [0.15, 0.2) is 0 Å². The lowest BCUT2D eigenvalue weighted by Crippen LogP contribution is -1.88. The second kappa shape index (κ2) is 5.00. The van der Waals surface area contributed by atoms with Crippen LogP contribution in [0.5, 0.6) is 0 Å². The van der Waals surface area contributed by atoms with Crippen LogP contribution in [-0.4, -0.2) is 0 Å². The van der Waals surface area contributed by atoms with Crippen molar-refractivity contribution >= 4 is 40.7 Å². The number of halogens is 2. The van der Waals surface area contributed by atoms with Gasteiger partial charge in [0.05, 0.1) is 10.0 Å². The Morgan fingerprint density at radius 3 is 2.25 bits per heavy atom. The summed E-state index contributed by atoms with van der Waals surface area (Å²) in [5.41, 5.74) is 6.52. The maximum absolute atomic E-state index is 5.95. The number of anilines is 1. The van der Waals surface area contributed by atoms with E-state index in [9.17, 15) is 0 Å². The van der Waals surface area contributed by atoms with E-state index in [0.29, 0.717) is 15.7 Å². The number of benzene rings is 2. The van der Waals surface area contributed by atoms with Crippen LogP contribution in [0.1, 0.15) is 0 Å². The molecule has 0 saturated heterocycles. The topological polar surface area (TPSA) is 26.0 Å². The Labute approximate surface area is 109 Å². The van der Waals surface area contributed by atoms with Crippen molar-refractivity contribution in [2.75, 3.05) is 5.73 Å². The van der Waals surface area contributed by atoms with E-state index in [4.69, 9.17) is 28.9 Å². The number of hydrogen-bond acceptors (Lipinski definition) is 2. The average Bonchev–Trinajstić information content (AvgIpc) is 2.27. The summed E-state index contributed by atoms with van der Waals surface area (Å²) in [6.07, 6.45) is 0. The molecule has 2 aromatic rings. The molecule has 0 spiro atoms. The van der Waals surface area contributed by atoms with E-state index in [1.165, 1.54) is 0 Å². The zero-order valence-electron chi connectivity index (χ0n) is 8.28. The van der Waals surface area contributed by atoms with Gasteiger partial charge < -0.3 is 5.73 Å². The molecule has 0 aliphatic heterocycles. The quantitative estimate of drug-likeness (QED) is 0.798. The van der Waals surface area contributed by atoms with Crippen molar-refractivity contribution in [2.45, 2.75) is 9.79 Å². The smallest absolute Gasteiger partial charge is 0.0613 e. The summed E-state index contributed by atoms with van der Waals surface area (Å²) >= 11 is 13.4. The van der Waals surface area contributed by atoms with Gasteiger partial charge in [-0.25, -0.2) is 0 Å². The van der Waals surface area contributed by atoms with Gasteiger partial charge in [-0.05, 0) is 24.3 Å². The molecule has 82 valence electrons. The maximum atomic E-state index is 5.95. The molecule has 0 aliphatic carbocycles. The van der Waals surface area contributed by atoms with Crippen molar-refractivity contribution in [2.24, 2.45) is 0 Å². The lowest BCUT2D eigenvalue weighted by molar-refractivity contribution is 1.41. The first kappa shape index (κ1) is 11.6. The van der Waals surface area contributed by atoms with Crippen LogP contribution in [0.3, 0.4) is 0 Å². The predicted octanol–water partition coefficient (Wildman–Crippen LogP) is 4.73. The number of rotatable bonds is 2. The van der Waals surface area contributed by atoms with Crippen molar-refractivity contribution in [1.29, 1.82) is 0 Å². The van der Waals surface area contributed by atoms with E-state index in [1.54, 1.807) is 23.9 Å². The Kier molecular flexibility index (Phi) is 3.64. The summed E-state index contributed by atoms with van der Waals surface area (Å²) in [4.78, 5) is 2.04. The molecule has 2 rings (SSSR count). The Balaban J connectivity index is 2.32. The molecule has 2 N–H and O–H groups in total. The predicted molar refractivity (Wildman–Crippen MR) is 71.4 cm³/mol. The number of hydrogen-bond donors (Lipinski definition) is 1. The highest BCUT2D eigenvalue weighted by Crippen LogP contribution is 2.36. The molecule has 0 unspecified atom stereocenters. The summed E-state index contributed by atoms with van der Waals surface area (Å²) in [6, 6.07) is 13.4. The first-order valence-corrected chi connectivity index (χ1v) is 6.21. The van der Waals surface area contributed by atoms with Gasteiger partial charge in [0.2, 0.25) is 0 Å². The van der Waals surface area contributed by atoms with E-state index in [2.05, 4.69) is 0 Å². The highest BCUT2D eigenvalue weighted by Gasteiger charge is 2.06. The van der Waals surface area contributed by atoms with Gasteiger partial charge in [0.25, 0.3) is 0 Å². The number of nitrogen functional groups attached to an aromatic ring is 1. The van der Waals surface area contributed by atoms with E-state index in [1.807, 2.05) is 30.3 Å². The fraction of sp³-hybridized carbons (Fsp3) is 0. The van der Waals surface area contributed by atoms with Gasteiger partial charge in [-0.3, -0.25) is 0 Å². The van der Waals surface area contributed by atoms with Crippen molar-refractivity contribution in [1.82, 2.24) is 0 Å². The fourth-order valence-corrected chi connectivity index (χ4v) is 2.55. The molecule has 0 aromatic heterocycles. The molecule has 0 radical (unpaired) electrons. The Hall–Kier alpha value is -0.830. The molecule has 0 atom stereocenters. The highest BCUT2D eigenvalue weighted by molar-refractivity contribution is 7.99. The minimum absolute atomic E-state index is 0.483. The molecular formula is C12H9Cl2NS. The normalized spacial score (nSPS) is 10.4. The van der Waals surface area contributed by atoms with E-state index >= 15 is 0 Å². The molecule has 4 heteroatoms. The van der Waals surface area contributed by atoms with Gasteiger partial charge in [-0.15, -0.1) is 0 Å². The van der Waals surface area contributed by atoms with Gasteiger partial charge in [0.1, 0.15) is 0 Å². The molecule has 16 heavy (non-hydrogen) atoms. The van der Waals surface area contributed by atoms with E-state index in [-0.39, 0.29) is 0 Å². The van der Waals surface area contributed by atoms with Crippen LogP contribution < -0.4 is 5.73 Å². The Morgan fingerprint density at radius 2 is 1.56 bits per heavy atom. The summed E-state index contributed by atoms with van der Waals surface area (Å²) in [5.74, 6) is 0. The standard InChI is InChI=1S/C12H9Cl2NS/c13-9-6-11(15)12(7-10(9)14)16-8-4-2-1-3-5-8/h1-7H,15H2. The van der Waals surface area contributed by atoms with Crippen LogP contribution >= 0.6 is 35.0 Å². The molecular weight excluding hydrogens is 261 g/mol. The molecule has 0 amide bonds. The molecule has 1 nitrogen and oxygen atoms in total. The fourth-order valence-electron chi connectivity index (χ4n) is 1.25. The van der Waals surface area contributed by atoms with Crippen LogP contribution in [0.15, 0.2) is 52.3 Å². The van der Waals surface area contributed by atoms with Crippen LogP contribution in [-0.2, 0) is 0 Å². The van der Waals surface area contributed by atoms with Crippen LogP contribution in [0, 0.1) is 0 Å². The van der Waals surface area contributed by atoms with Crippen LogP contribution in [0.2, 0.25) is 10.0 Å². The van der Waals surface area contributed by atoms with Gasteiger partial charge >= 0.3 is 0 Å². The van der Waals surface area contributed by atoms with Crippen molar-refractivity contribution in [3.05, 3.63) is 52.5 Å². The lowest BCUT2D eigenvalue weighted by atomic mass is 10.3.